The molecule has 0 bridgehead atoms. The molecular weight excluding hydrogens is 534 g/mol. The van der Waals surface area contributed by atoms with Gasteiger partial charge >= 0.3 is 5.97 Å². The van der Waals surface area contributed by atoms with Gasteiger partial charge in [-0.05, 0) is 66.8 Å². The molecule has 35 heavy (non-hydrogen) atoms. The minimum atomic E-state index is -2.54. The maximum Gasteiger partial charge on any atom is 0.327 e. The van der Waals surface area contributed by atoms with E-state index in [1.54, 1.807) is 53.7 Å². The molecule has 0 aliphatic rings. The van der Waals surface area contributed by atoms with Gasteiger partial charge in [0.15, 0.2) is 0 Å². The number of anilines is 2. The average molecular weight is 560 g/mol. The van der Waals surface area contributed by atoms with E-state index in [0.717, 1.165) is 19.9 Å². The Kier molecular flexibility index (Phi) is 9.53. The van der Waals surface area contributed by atoms with E-state index in [1.807, 2.05) is 24.3 Å². The summed E-state index contributed by atoms with van der Waals surface area (Å²) in [5, 5.41) is 9.82. The lowest BCUT2D eigenvalue weighted by Gasteiger charge is -2.27. The number of hydrogen-bond acceptors (Lipinski definition) is 4. The van der Waals surface area contributed by atoms with E-state index in [9.17, 15) is 23.5 Å². The zero-order valence-corrected chi connectivity index (χ0v) is 21.5. The Bertz CT molecular complexity index is 1160. The standard InChI is InChI=1S/C25H26BrN3O5S/c1-18(30)28(23-5-4-15-27-17-23)16-3-2-6-24(25(31)32)29(35(33)34)22-13-9-20(10-14-22)19-7-11-21(26)12-8-19/h4-5,7-15,17,24H,2-3,6,16H2,1H3,(H,31,32)(H,33,34). The second-order valence-electron chi connectivity index (χ2n) is 7.84. The first-order chi connectivity index (χ1) is 16.8. The fraction of sp³-hybridized carbons (Fsp3) is 0.240. The molecule has 1 amide bonds. The van der Waals surface area contributed by atoms with E-state index in [0.29, 0.717) is 30.8 Å². The molecule has 3 rings (SSSR count). The van der Waals surface area contributed by atoms with Crippen molar-refractivity contribution in [3.63, 3.8) is 0 Å². The Morgan fingerprint density at radius 1 is 1.00 bits per heavy atom. The Balaban J connectivity index is 1.69. The molecule has 1 aromatic heterocycles. The number of aromatic nitrogens is 1. The maximum absolute atomic E-state index is 12.2. The van der Waals surface area contributed by atoms with Crippen molar-refractivity contribution in [2.24, 2.45) is 0 Å². The number of carbonyl (C=O) groups excluding carboxylic acids is 1. The number of aliphatic carboxylic acids is 1. The van der Waals surface area contributed by atoms with Crippen LogP contribution >= 0.6 is 15.9 Å². The minimum absolute atomic E-state index is 0.134. The summed E-state index contributed by atoms with van der Waals surface area (Å²) in [6.07, 6.45) is 4.30. The number of benzene rings is 2. The normalized spacial score (nSPS) is 12.5. The number of unbranched alkanes of at least 4 members (excludes halogenated alkanes) is 1. The van der Waals surface area contributed by atoms with Crippen LogP contribution < -0.4 is 9.21 Å². The Hall–Kier alpha value is -3.08. The lowest BCUT2D eigenvalue weighted by Crippen LogP contribution is -2.42. The van der Waals surface area contributed by atoms with E-state index in [1.165, 1.54) is 6.92 Å². The molecule has 2 atom stereocenters. The molecule has 0 radical (unpaired) electrons. The van der Waals surface area contributed by atoms with Gasteiger partial charge in [-0.3, -0.25) is 18.6 Å². The Morgan fingerprint density at radius 3 is 2.14 bits per heavy atom. The second kappa shape index (κ2) is 12.6. The minimum Gasteiger partial charge on any atom is -0.480 e. The van der Waals surface area contributed by atoms with E-state index < -0.39 is 23.3 Å². The number of pyridine rings is 1. The van der Waals surface area contributed by atoms with Crippen molar-refractivity contribution in [2.45, 2.75) is 32.2 Å². The molecule has 0 saturated carbocycles. The lowest BCUT2D eigenvalue weighted by atomic mass is 10.0. The predicted molar refractivity (Wildman–Crippen MR) is 140 cm³/mol. The van der Waals surface area contributed by atoms with Gasteiger partial charge in [-0.25, -0.2) is 9.00 Å². The summed E-state index contributed by atoms with van der Waals surface area (Å²) < 4.78 is 24.1. The second-order valence-corrected chi connectivity index (χ2v) is 9.61. The zero-order valence-electron chi connectivity index (χ0n) is 19.1. The van der Waals surface area contributed by atoms with Crippen molar-refractivity contribution in [3.05, 3.63) is 77.5 Å². The lowest BCUT2D eigenvalue weighted by molar-refractivity contribution is -0.138. The van der Waals surface area contributed by atoms with Gasteiger partial charge in [0.25, 0.3) is 11.3 Å². The fourth-order valence-electron chi connectivity index (χ4n) is 3.75. The van der Waals surface area contributed by atoms with Gasteiger partial charge in [0.05, 0.1) is 17.6 Å². The highest BCUT2D eigenvalue weighted by Crippen LogP contribution is 2.27. The highest BCUT2D eigenvalue weighted by Gasteiger charge is 2.30. The molecule has 0 fully saturated rings. The number of amides is 1. The first-order valence-electron chi connectivity index (χ1n) is 10.9. The Morgan fingerprint density at radius 2 is 1.63 bits per heavy atom. The summed E-state index contributed by atoms with van der Waals surface area (Å²) >= 11 is 0.864. The summed E-state index contributed by atoms with van der Waals surface area (Å²) in [6.45, 7) is 1.85. The topological polar surface area (TPSA) is 111 Å². The molecule has 2 unspecified atom stereocenters. The van der Waals surface area contributed by atoms with Crippen molar-refractivity contribution in [1.29, 1.82) is 0 Å². The number of nitrogens with zero attached hydrogens (tertiary/aromatic N) is 3. The molecular formula is C25H26BrN3O5S. The van der Waals surface area contributed by atoms with Crippen molar-refractivity contribution in [2.75, 3.05) is 15.7 Å². The number of carbonyl (C=O) groups is 2. The highest BCUT2D eigenvalue weighted by atomic mass is 79.9. The molecule has 2 N–H and O–H groups in total. The molecule has 10 heteroatoms. The van der Waals surface area contributed by atoms with Crippen LogP contribution in [0.1, 0.15) is 26.2 Å². The molecule has 0 saturated heterocycles. The Labute approximate surface area is 215 Å². The maximum atomic E-state index is 12.2. The zero-order chi connectivity index (χ0) is 25.4. The molecule has 2 aromatic carbocycles. The van der Waals surface area contributed by atoms with Gasteiger partial charge in [0.2, 0.25) is 5.91 Å². The van der Waals surface area contributed by atoms with Crippen LogP contribution in [0.2, 0.25) is 0 Å². The first-order valence-corrected chi connectivity index (χ1v) is 12.8. The summed E-state index contributed by atoms with van der Waals surface area (Å²) in [5.41, 5.74) is 2.87. The van der Waals surface area contributed by atoms with Gasteiger partial charge in [-0.2, -0.15) is 0 Å². The summed E-state index contributed by atoms with van der Waals surface area (Å²) in [7, 11) is 0. The van der Waals surface area contributed by atoms with Crippen molar-refractivity contribution in [3.8, 4) is 11.1 Å². The van der Waals surface area contributed by atoms with E-state index in [-0.39, 0.29) is 12.3 Å². The van der Waals surface area contributed by atoms with Gasteiger partial charge in [0, 0.05) is 24.1 Å². The van der Waals surface area contributed by atoms with Crippen LogP contribution in [0.5, 0.6) is 0 Å². The third kappa shape index (κ3) is 7.20. The molecule has 8 nitrogen and oxygen atoms in total. The molecule has 1 heterocycles. The van der Waals surface area contributed by atoms with Crippen LogP contribution in [0.3, 0.4) is 0 Å². The van der Waals surface area contributed by atoms with Crippen LogP contribution in [-0.2, 0) is 20.9 Å². The quantitative estimate of drug-likeness (QED) is 0.249. The molecule has 0 aliphatic carbocycles. The summed E-state index contributed by atoms with van der Waals surface area (Å²) in [5.74, 6) is -1.34. The molecule has 0 spiro atoms. The monoisotopic (exact) mass is 559 g/mol. The van der Waals surface area contributed by atoms with E-state index in [4.69, 9.17) is 0 Å². The van der Waals surface area contributed by atoms with Gasteiger partial charge < -0.3 is 10.0 Å². The smallest absolute Gasteiger partial charge is 0.327 e. The number of carboxylic acids is 1. The van der Waals surface area contributed by atoms with Crippen molar-refractivity contribution in [1.82, 2.24) is 4.98 Å². The third-order valence-corrected chi connectivity index (χ3v) is 6.81. The van der Waals surface area contributed by atoms with Crippen LogP contribution in [0.25, 0.3) is 11.1 Å². The number of halogens is 1. The molecule has 3 aromatic rings. The fourth-order valence-corrected chi connectivity index (χ4v) is 4.73. The van der Waals surface area contributed by atoms with Gasteiger partial charge in [0.1, 0.15) is 6.04 Å². The van der Waals surface area contributed by atoms with Crippen LogP contribution in [0.15, 0.2) is 77.5 Å². The summed E-state index contributed by atoms with van der Waals surface area (Å²) in [4.78, 5) is 29.7. The van der Waals surface area contributed by atoms with E-state index in [2.05, 4.69) is 20.9 Å². The van der Waals surface area contributed by atoms with Gasteiger partial charge in [-0.15, -0.1) is 0 Å². The average Bonchev–Trinajstić information content (AvgIpc) is 2.84. The van der Waals surface area contributed by atoms with Crippen molar-refractivity contribution < 1.29 is 23.5 Å². The predicted octanol–water partition coefficient (Wildman–Crippen LogP) is 5.13. The SMILES string of the molecule is CC(=O)N(CCCCC(C(=O)O)N(c1ccc(-c2ccc(Br)cc2)cc1)S(=O)O)c1cccnc1. The number of rotatable bonds is 11. The molecule has 184 valence electrons. The van der Waals surface area contributed by atoms with Crippen molar-refractivity contribution >= 4 is 50.4 Å². The van der Waals surface area contributed by atoms with Crippen LogP contribution in [0, 0.1) is 0 Å². The van der Waals surface area contributed by atoms with E-state index >= 15 is 0 Å². The number of carboxylic acid groups (broad SMARTS) is 1. The highest BCUT2D eigenvalue weighted by molar-refractivity contribution is 9.10. The third-order valence-electron chi connectivity index (χ3n) is 5.48. The van der Waals surface area contributed by atoms with Crippen LogP contribution in [-0.4, -0.2) is 43.3 Å². The summed E-state index contributed by atoms with van der Waals surface area (Å²) in [6, 6.07) is 16.9. The first kappa shape index (κ1) is 26.5. The van der Waals surface area contributed by atoms with Crippen LogP contribution in [0.4, 0.5) is 11.4 Å². The molecule has 0 aliphatic heterocycles. The van der Waals surface area contributed by atoms with Gasteiger partial charge in [-0.1, -0.05) is 40.2 Å². The number of hydrogen-bond donors (Lipinski definition) is 2. The largest absolute Gasteiger partial charge is 0.480 e.